The highest BCUT2D eigenvalue weighted by Crippen LogP contribution is 2.21. The lowest BCUT2D eigenvalue weighted by Gasteiger charge is -2.05. The van der Waals surface area contributed by atoms with Crippen molar-refractivity contribution in [3.05, 3.63) is 12.7 Å². The maximum absolute atomic E-state index is 11.1. The van der Waals surface area contributed by atoms with Crippen LogP contribution in [0, 0.1) is 5.92 Å². The fourth-order valence-corrected chi connectivity index (χ4v) is 1.99. The number of carbonyl (C=O) groups excluding carboxylic acids is 2. The van der Waals surface area contributed by atoms with Gasteiger partial charge in [-0.15, -0.1) is 0 Å². The van der Waals surface area contributed by atoms with Gasteiger partial charge in [0.05, 0.1) is 5.75 Å². The van der Waals surface area contributed by atoms with E-state index in [1.165, 1.54) is 17.8 Å². The van der Waals surface area contributed by atoms with Crippen molar-refractivity contribution in [1.29, 1.82) is 0 Å². The minimum Gasteiger partial charge on any atom is -0.461 e. The van der Waals surface area contributed by atoms with Crippen LogP contribution in [0.25, 0.3) is 0 Å². The van der Waals surface area contributed by atoms with Gasteiger partial charge in [0.1, 0.15) is 12.5 Å². The Balaban J connectivity index is 2.40. The number of hydrogen-bond donors (Lipinski definition) is 0. The third-order valence-electron chi connectivity index (χ3n) is 1.55. The molecule has 0 aromatic heterocycles. The molecular formula is C8H10O3S. The summed E-state index contributed by atoms with van der Waals surface area (Å²) in [6.45, 7) is 3.60. The zero-order valence-electron chi connectivity index (χ0n) is 6.62. The van der Waals surface area contributed by atoms with Crippen LogP contribution in [0.5, 0.6) is 0 Å². The van der Waals surface area contributed by atoms with Crippen LogP contribution in [-0.2, 0) is 14.3 Å². The van der Waals surface area contributed by atoms with Crippen LogP contribution in [0.1, 0.15) is 0 Å². The molecule has 1 rings (SSSR count). The topological polar surface area (TPSA) is 43.4 Å². The Hall–Kier alpha value is -0.770. The van der Waals surface area contributed by atoms with Gasteiger partial charge in [0.15, 0.2) is 5.78 Å². The molecule has 1 saturated heterocycles. The molecule has 12 heavy (non-hydrogen) atoms. The molecule has 0 radical (unpaired) electrons. The molecule has 0 N–H and O–H groups in total. The number of hydrogen-bond acceptors (Lipinski definition) is 4. The van der Waals surface area contributed by atoms with Crippen molar-refractivity contribution in [2.24, 2.45) is 5.92 Å². The van der Waals surface area contributed by atoms with Gasteiger partial charge in [-0.3, -0.25) is 9.59 Å². The summed E-state index contributed by atoms with van der Waals surface area (Å²) in [5.41, 5.74) is 0. The highest BCUT2D eigenvalue weighted by Gasteiger charge is 2.32. The van der Waals surface area contributed by atoms with Gasteiger partial charge in [-0.1, -0.05) is 12.7 Å². The van der Waals surface area contributed by atoms with E-state index in [-0.39, 0.29) is 12.4 Å². The Morgan fingerprint density at radius 2 is 2.58 bits per heavy atom. The van der Waals surface area contributed by atoms with Crippen LogP contribution in [0.2, 0.25) is 0 Å². The molecular weight excluding hydrogens is 176 g/mol. The fourth-order valence-electron chi connectivity index (χ4n) is 0.912. The average molecular weight is 186 g/mol. The third kappa shape index (κ3) is 2.11. The lowest BCUT2D eigenvalue weighted by Crippen LogP contribution is -2.24. The second-order valence-corrected chi connectivity index (χ2v) is 3.48. The predicted octanol–water partition coefficient (Wildman–Crippen LogP) is 0.648. The number of carbonyl (C=O) groups is 2. The average Bonchev–Trinajstić information content (AvgIpc) is 2.47. The molecule has 4 heteroatoms. The summed E-state index contributed by atoms with van der Waals surface area (Å²) in [4.78, 5) is 22.1. The van der Waals surface area contributed by atoms with Crippen LogP contribution >= 0.6 is 11.8 Å². The first-order chi connectivity index (χ1) is 5.75. The maximum Gasteiger partial charge on any atom is 0.317 e. The van der Waals surface area contributed by atoms with Crippen LogP contribution in [0.4, 0.5) is 0 Å². The van der Waals surface area contributed by atoms with E-state index < -0.39 is 11.9 Å². The Morgan fingerprint density at radius 1 is 1.83 bits per heavy atom. The summed E-state index contributed by atoms with van der Waals surface area (Å²) in [5.74, 6) is 0.0387. The zero-order valence-corrected chi connectivity index (χ0v) is 7.43. The number of ketones is 1. The smallest absolute Gasteiger partial charge is 0.317 e. The monoisotopic (exact) mass is 186 g/mol. The van der Waals surface area contributed by atoms with Crippen LogP contribution in [0.3, 0.4) is 0 Å². The molecule has 0 aliphatic carbocycles. The Morgan fingerprint density at radius 3 is 3.08 bits per heavy atom. The summed E-state index contributed by atoms with van der Waals surface area (Å²) in [6, 6.07) is 0. The number of rotatable bonds is 3. The van der Waals surface area contributed by atoms with Crippen LogP contribution < -0.4 is 0 Å². The van der Waals surface area contributed by atoms with Gasteiger partial charge in [0.2, 0.25) is 0 Å². The normalized spacial score (nSPS) is 22.3. The highest BCUT2D eigenvalue weighted by atomic mass is 32.2. The van der Waals surface area contributed by atoms with Crippen molar-refractivity contribution < 1.29 is 14.3 Å². The number of Topliss-reactive ketones (excluding diaryl/α,β-unsaturated/α-hetero) is 1. The molecule has 1 aliphatic rings. The largest absolute Gasteiger partial charge is 0.461 e. The van der Waals surface area contributed by atoms with Crippen LogP contribution in [-0.4, -0.2) is 29.9 Å². The Bertz CT molecular complexity index is 212. The van der Waals surface area contributed by atoms with E-state index in [0.29, 0.717) is 11.5 Å². The van der Waals surface area contributed by atoms with E-state index >= 15 is 0 Å². The van der Waals surface area contributed by atoms with Crippen LogP contribution in [0.15, 0.2) is 12.7 Å². The molecule has 0 saturated carbocycles. The quantitative estimate of drug-likeness (QED) is 0.369. The van der Waals surface area contributed by atoms with Crippen molar-refractivity contribution in [3.8, 4) is 0 Å². The standard InChI is InChI=1S/C8H10O3S/c1-2-3-11-8(10)6-4-12-5-7(6)9/h2,6H,1,3-5H2. The number of thioether (sulfide) groups is 1. The van der Waals surface area contributed by atoms with Crippen molar-refractivity contribution in [2.75, 3.05) is 18.1 Å². The summed E-state index contributed by atoms with van der Waals surface area (Å²) >= 11 is 1.48. The van der Waals surface area contributed by atoms with E-state index in [1.807, 2.05) is 0 Å². The second-order valence-electron chi connectivity index (χ2n) is 2.45. The van der Waals surface area contributed by atoms with E-state index in [2.05, 4.69) is 6.58 Å². The maximum atomic E-state index is 11.1. The summed E-state index contributed by atoms with van der Waals surface area (Å²) in [7, 11) is 0. The lowest BCUT2D eigenvalue weighted by molar-refractivity contribution is -0.149. The van der Waals surface area contributed by atoms with E-state index in [1.54, 1.807) is 0 Å². The van der Waals surface area contributed by atoms with Gasteiger partial charge < -0.3 is 4.74 Å². The first-order valence-electron chi connectivity index (χ1n) is 3.63. The number of esters is 1. The van der Waals surface area contributed by atoms with Crippen molar-refractivity contribution in [3.63, 3.8) is 0 Å². The van der Waals surface area contributed by atoms with Gasteiger partial charge in [-0.25, -0.2) is 0 Å². The van der Waals surface area contributed by atoms with Gasteiger partial charge in [0.25, 0.3) is 0 Å². The molecule has 1 heterocycles. The molecule has 0 aromatic carbocycles. The summed E-state index contributed by atoms with van der Waals surface area (Å²) in [6.07, 6.45) is 1.49. The van der Waals surface area contributed by atoms with Gasteiger partial charge in [-0.2, -0.15) is 11.8 Å². The summed E-state index contributed by atoms with van der Waals surface area (Å²) in [5, 5.41) is 0. The van der Waals surface area contributed by atoms with Crippen molar-refractivity contribution >= 4 is 23.5 Å². The molecule has 1 atom stereocenters. The van der Waals surface area contributed by atoms with Gasteiger partial charge in [-0.05, 0) is 0 Å². The molecule has 66 valence electrons. The minimum absolute atomic E-state index is 0.0194. The van der Waals surface area contributed by atoms with E-state index in [4.69, 9.17) is 4.74 Å². The first kappa shape index (κ1) is 9.32. The second kappa shape index (κ2) is 4.30. The first-order valence-corrected chi connectivity index (χ1v) is 4.79. The predicted molar refractivity (Wildman–Crippen MR) is 47.0 cm³/mol. The molecule has 1 fully saturated rings. The molecule has 1 aliphatic heterocycles. The number of ether oxygens (including phenoxy) is 1. The molecule has 1 unspecified atom stereocenters. The van der Waals surface area contributed by atoms with E-state index in [9.17, 15) is 9.59 Å². The highest BCUT2D eigenvalue weighted by molar-refractivity contribution is 8.00. The fraction of sp³-hybridized carbons (Fsp3) is 0.500. The third-order valence-corrected chi connectivity index (χ3v) is 2.60. The molecule has 3 nitrogen and oxygen atoms in total. The Kier molecular flexibility index (Phi) is 3.34. The molecule has 0 aromatic rings. The summed E-state index contributed by atoms with van der Waals surface area (Å²) < 4.78 is 4.75. The molecule has 0 spiro atoms. The van der Waals surface area contributed by atoms with E-state index in [0.717, 1.165) is 0 Å². The van der Waals surface area contributed by atoms with Crippen molar-refractivity contribution in [1.82, 2.24) is 0 Å². The van der Waals surface area contributed by atoms with Gasteiger partial charge >= 0.3 is 5.97 Å². The van der Waals surface area contributed by atoms with Gasteiger partial charge in [0, 0.05) is 5.75 Å². The lowest BCUT2D eigenvalue weighted by atomic mass is 10.1. The SMILES string of the molecule is C=CCOC(=O)C1CSCC1=O. The molecule has 0 amide bonds. The molecule has 0 bridgehead atoms. The minimum atomic E-state index is -0.532. The zero-order chi connectivity index (χ0) is 8.97. The van der Waals surface area contributed by atoms with Crippen molar-refractivity contribution in [2.45, 2.75) is 0 Å². The Labute approximate surface area is 75.2 Å².